The Morgan fingerprint density at radius 2 is 2.05 bits per heavy atom. The van der Waals surface area contributed by atoms with Crippen LogP contribution in [0.3, 0.4) is 0 Å². The Kier molecular flexibility index (Phi) is 7.75. The van der Waals surface area contributed by atoms with Crippen molar-refractivity contribution in [3.63, 3.8) is 0 Å². The van der Waals surface area contributed by atoms with Crippen LogP contribution in [0.4, 0.5) is 0 Å². The lowest BCUT2D eigenvalue weighted by molar-refractivity contribution is -0.146. The highest BCUT2D eigenvalue weighted by atomic mass is 16.5. The number of ether oxygens (including phenoxy) is 1. The number of hydrogen-bond donors (Lipinski definition) is 5. The Balaban J connectivity index is 2.62. The Hall–Kier alpha value is -1.74. The molecule has 0 unspecified atom stereocenters. The molecule has 1 aromatic rings. The number of aromatic nitrogens is 1. The number of esters is 1. The summed E-state index contributed by atoms with van der Waals surface area (Å²) in [5.74, 6) is -0.881. The van der Waals surface area contributed by atoms with E-state index < -0.39 is 18.6 Å². The van der Waals surface area contributed by atoms with E-state index in [0.29, 0.717) is 18.5 Å². The number of carbonyl (C=O) groups excluding carboxylic acids is 1. The van der Waals surface area contributed by atoms with Crippen LogP contribution in [0.25, 0.3) is 0 Å². The molecule has 0 fully saturated rings. The summed E-state index contributed by atoms with van der Waals surface area (Å²) in [6.07, 6.45) is 3.30. The summed E-state index contributed by atoms with van der Waals surface area (Å²) in [6.45, 7) is -0.527. The molecule has 0 saturated carbocycles. The van der Waals surface area contributed by atoms with Crippen LogP contribution in [0.5, 0.6) is 5.75 Å². The molecule has 0 aliphatic carbocycles. The van der Waals surface area contributed by atoms with Crippen molar-refractivity contribution < 1.29 is 24.9 Å². The van der Waals surface area contributed by atoms with Gasteiger partial charge in [0.25, 0.3) is 0 Å². The first-order valence-electron chi connectivity index (χ1n) is 7.07. The summed E-state index contributed by atoms with van der Waals surface area (Å²) in [4.78, 5) is 15.6. The number of rotatable bonds is 9. The van der Waals surface area contributed by atoms with E-state index in [0.717, 1.165) is 12.8 Å². The van der Waals surface area contributed by atoms with Crippen LogP contribution in [0.2, 0.25) is 0 Å². The Bertz CT molecular complexity index is 496. The van der Waals surface area contributed by atoms with Crippen molar-refractivity contribution in [3.05, 3.63) is 23.0 Å². The summed E-state index contributed by atoms with van der Waals surface area (Å²) in [7, 11) is 0. The van der Waals surface area contributed by atoms with Gasteiger partial charge in [-0.1, -0.05) is 6.42 Å². The largest absolute Gasteiger partial charge is 0.506 e. The van der Waals surface area contributed by atoms with Crippen LogP contribution >= 0.6 is 0 Å². The quantitative estimate of drug-likeness (QED) is 0.295. The molecule has 124 valence electrons. The predicted octanol–water partition coefficient (Wildman–Crippen LogP) is -0.729. The second kappa shape index (κ2) is 9.31. The topological polar surface area (TPSA) is 152 Å². The highest BCUT2D eigenvalue weighted by molar-refractivity contribution is 5.75. The molecule has 1 heterocycles. The summed E-state index contributed by atoms with van der Waals surface area (Å²) < 4.78 is 5.01. The lowest BCUT2D eigenvalue weighted by Crippen LogP contribution is -2.32. The molecular formula is C14H23N3O5. The number of nitrogens with two attached hydrogens (primary N) is 2. The summed E-state index contributed by atoms with van der Waals surface area (Å²) in [6, 6.07) is -0.747. The second-order valence-electron chi connectivity index (χ2n) is 4.87. The monoisotopic (exact) mass is 313 g/mol. The van der Waals surface area contributed by atoms with Gasteiger partial charge in [0.1, 0.15) is 24.1 Å². The molecule has 0 aromatic carbocycles. The molecule has 0 spiro atoms. The second-order valence-corrected chi connectivity index (χ2v) is 4.87. The van der Waals surface area contributed by atoms with Crippen LogP contribution in [0.1, 0.15) is 36.1 Å². The van der Waals surface area contributed by atoms with E-state index in [-0.39, 0.29) is 30.2 Å². The van der Waals surface area contributed by atoms with Gasteiger partial charge < -0.3 is 31.5 Å². The smallest absolute Gasteiger partial charge is 0.323 e. The molecule has 1 atom stereocenters. The minimum atomic E-state index is -0.747. The van der Waals surface area contributed by atoms with Crippen LogP contribution in [0, 0.1) is 0 Å². The van der Waals surface area contributed by atoms with E-state index in [1.165, 1.54) is 6.20 Å². The highest BCUT2D eigenvalue weighted by Gasteiger charge is 2.18. The number of nitrogens with zero attached hydrogens (tertiary/aromatic N) is 1. The van der Waals surface area contributed by atoms with Gasteiger partial charge in [-0.2, -0.15) is 0 Å². The third-order valence-electron chi connectivity index (χ3n) is 3.27. The van der Waals surface area contributed by atoms with Gasteiger partial charge in [0.2, 0.25) is 0 Å². The highest BCUT2D eigenvalue weighted by Crippen LogP contribution is 2.25. The molecule has 1 rings (SSSR count). The van der Waals surface area contributed by atoms with Crippen molar-refractivity contribution in [3.8, 4) is 5.75 Å². The summed E-state index contributed by atoms with van der Waals surface area (Å²) in [5.41, 5.74) is 11.6. The van der Waals surface area contributed by atoms with Crippen molar-refractivity contribution in [2.24, 2.45) is 11.5 Å². The maximum absolute atomic E-state index is 11.7. The molecule has 0 aliphatic heterocycles. The predicted molar refractivity (Wildman–Crippen MR) is 78.4 cm³/mol. The zero-order valence-electron chi connectivity index (χ0n) is 12.4. The van der Waals surface area contributed by atoms with Gasteiger partial charge in [0.05, 0.1) is 13.2 Å². The lowest BCUT2D eigenvalue weighted by atomic mass is 10.1. The van der Waals surface area contributed by atoms with Crippen LogP contribution in [-0.4, -0.2) is 38.9 Å². The Morgan fingerprint density at radius 1 is 1.32 bits per heavy atom. The van der Waals surface area contributed by atoms with Crippen molar-refractivity contribution in [2.75, 3.05) is 6.54 Å². The van der Waals surface area contributed by atoms with Crippen LogP contribution < -0.4 is 11.5 Å². The zero-order chi connectivity index (χ0) is 16.5. The van der Waals surface area contributed by atoms with E-state index in [1.54, 1.807) is 0 Å². The van der Waals surface area contributed by atoms with Gasteiger partial charge in [-0.25, -0.2) is 0 Å². The van der Waals surface area contributed by atoms with Crippen LogP contribution in [-0.2, 0) is 29.4 Å². The van der Waals surface area contributed by atoms with Gasteiger partial charge >= 0.3 is 5.97 Å². The number of carbonyl (C=O) groups is 1. The van der Waals surface area contributed by atoms with E-state index in [2.05, 4.69) is 4.98 Å². The molecule has 0 aliphatic rings. The average molecular weight is 313 g/mol. The number of hydrogen-bond acceptors (Lipinski definition) is 8. The number of unbranched alkanes of at least 4 members (excludes halogenated alkanes) is 1. The fourth-order valence-corrected chi connectivity index (χ4v) is 1.91. The van der Waals surface area contributed by atoms with E-state index >= 15 is 0 Å². The molecule has 7 N–H and O–H groups in total. The molecule has 1 aromatic heterocycles. The van der Waals surface area contributed by atoms with Crippen molar-refractivity contribution in [1.82, 2.24) is 4.98 Å². The van der Waals surface area contributed by atoms with E-state index in [9.17, 15) is 15.0 Å². The maximum Gasteiger partial charge on any atom is 0.323 e. The first-order valence-corrected chi connectivity index (χ1v) is 7.07. The molecule has 8 heteroatoms. The Labute approximate surface area is 128 Å². The molecule has 0 saturated heterocycles. The molecule has 0 radical (unpaired) electrons. The standard InChI is InChI=1S/C14H23N3O5/c15-4-2-1-3-11(16)14(21)22-8-12-13(20)10(7-19)9(6-18)5-17-12/h5,11,18-20H,1-4,6-8,15-16H2/t11-/m0/s1. The number of aliphatic hydroxyl groups excluding tert-OH is 2. The fourth-order valence-electron chi connectivity index (χ4n) is 1.91. The number of aromatic hydroxyl groups is 1. The molecule has 0 bridgehead atoms. The van der Waals surface area contributed by atoms with Gasteiger partial charge in [0, 0.05) is 17.3 Å². The summed E-state index contributed by atoms with van der Waals surface area (Å²) in [5, 5.41) is 28.2. The van der Waals surface area contributed by atoms with Crippen molar-refractivity contribution >= 4 is 5.97 Å². The molecule has 8 nitrogen and oxygen atoms in total. The SMILES string of the molecule is NCCCC[C@H](N)C(=O)OCc1ncc(CO)c(CO)c1O. The van der Waals surface area contributed by atoms with Crippen LogP contribution in [0.15, 0.2) is 6.20 Å². The average Bonchev–Trinajstić information content (AvgIpc) is 2.53. The van der Waals surface area contributed by atoms with Gasteiger partial charge in [-0.15, -0.1) is 0 Å². The summed E-state index contributed by atoms with van der Waals surface area (Å²) >= 11 is 0. The molecule has 0 amide bonds. The third-order valence-corrected chi connectivity index (χ3v) is 3.27. The first kappa shape index (κ1) is 18.3. The van der Waals surface area contributed by atoms with Gasteiger partial charge in [-0.3, -0.25) is 9.78 Å². The van der Waals surface area contributed by atoms with Gasteiger partial charge in [-0.05, 0) is 19.4 Å². The van der Waals surface area contributed by atoms with E-state index in [1.807, 2.05) is 0 Å². The zero-order valence-corrected chi connectivity index (χ0v) is 12.4. The van der Waals surface area contributed by atoms with Crippen molar-refractivity contribution in [2.45, 2.75) is 45.1 Å². The third kappa shape index (κ3) is 4.92. The van der Waals surface area contributed by atoms with Crippen molar-refractivity contribution in [1.29, 1.82) is 0 Å². The Morgan fingerprint density at radius 3 is 2.64 bits per heavy atom. The minimum absolute atomic E-state index is 0.101. The minimum Gasteiger partial charge on any atom is -0.506 e. The molecule has 22 heavy (non-hydrogen) atoms. The fraction of sp³-hybridized carbons (Fsp3) is 0.571. The first-order chi connectivity index (χ1) is 10.5. The normalized spacial score (nSPS) is 12.2. The maximum atomic E-state index is 11.7. The van der Waals surface area contributed by atoms with E-state index in [4.69, 9.17) is 21.3 Å². The molecular weight excluding hydrogens is 290 g/mol. The lowest BCUT2D eigenvalue weighted by Gasteiger charge is -2.13. The van der Waals surface area contributed by atoms with Gasteiger partial charge in [0.15, 0.2) is 0 Å². The number of pyridine rings is 1. The number of aliphatic hydroxyl groups is 2.